The first kappa shape index (κ1) is 22.6. The number of rotatable bonds is 9. The van der Waals surface area contributed by atoms with Gasteiger partial charge in [0.05, 0.1) is 23.9 Å². The molecule has 1 atom stereocenters. The summed E-state index contributed by atoms with van der Waals surface area (Å²) in [7, 11) is 1.37. The van der Waals surface area contributed by atoms with Crippen LogP contribution < -0.4 is 19.7 Å². The molecule has 2 rings (SSSR count). The highest BCUT2D eigenvalue weighted by Gasteiger charge is 2.26. The van der Waals surface area contributed by atoms with Crippen molar-refractivity contribution in [2.24, 2.45) is 5.92 Å². The SMILES string of the molecule is COc1ccc(S(=O)(=O)N[C@H](CC(C)C)C(=O)Nc2ccc(N(C)C)nc2)cc1. The standard InChI is InChI=1S/C20H28N4O4S/c1-14(2)12-18(20(25)22-15-6-11-19(21-13-15)24(3)4)23-29(26,27)17-9-7-16(28-5)8-10-17/h6-11,13-14,18,23H,12H2,1-5H3,(H,22,25)/t18-/m1/s1. The first-order valence-corrected chi connectivity index (χ1v) is 10.7. The van der Waals surface area contributed by atoms with E-state index in [1.165, 1.54) is 25.4 Å². The Balaban J connectivity index is 2.17. The van der Waals surface area contributed by atoms with Crippen LogP contribution in [0.2, 0.25) is 0 Å². The molecule has 0 saturated heterocycles. The predicted molar refractivity (Wildman–Crippen MR) is 114 cm³/mol. The minimum atomic E-state index is -3.87. The molecule has 0 unspecified atom stereocenters. The van der Waals surface area contributed by atoms with E-state index in [1.54, 1.807) is 24.3 Å². The lowest BCUT2D eigenvalue weighted by Crippen LogP contribution is -2.44. The number of pyridine rings is 1. The molecular formula is C20H28N4O4S. The summed E-state index contributed by atoms with van der Waals surface area (Å²) in [6.45, 7) is 3.85. The van der Waals surface area contributed by atoms with Gasteiger partial charge in [0.25, 0.3) is 0 Å². The fourth-order valence-corrected chi connectivity index (χ4v) is 3.85. The summed E-state index contributed by atoms with van der Waals surface area (Å²) in [5.41, 5.74) is 0.498. The van der Waals surface area contributed by atoms with Crippen LogP contribution >= 0.6 is 0 Å². The van der Waals surface area contributed by atoms with Gasteiger partial charge in [-0.3, -0.25) is 4.79 Å². The van der Waals surface area contributed by atoms with Crippen LogP contribution in [0.4, 0.5) is 11.5 Å². The predicted octanol–water partition coefficient (Wildman–Crippen LogP) is 2.49. The first-order valence-electron chi connectivity index (χ1n) is 9.23. The third-order valence-electron chi connectivity index (χ3n) is 4.16. The van der Waals surface area contributed by atoms with Crippen molar-refractivity contribution in [3.8, 4) is 5.75 Å². The van der Waals surface area contributed by atoms with E-state index in [4.69, 9.17) is 4.74 Å². The Labute approximate surface area is 172 Å². The van der Waals surface area contributed by atoms with E-state index in [2.05, 4.69) is 15.0 Å². The van der Waals surface area contributed by atoms with Gasteiger partial charge in [0.1, 0.15) is 17.6 Å². The number of nitrogens with one attached hydrogen (secondary N) is 2. The summed E-state index contributed by atoms with van der Waals surface area (Å²) >= 11 is 0. The number of carbonyl (C=O) groups is 1. The Morgan fingerprint density at radius 1 is 1.14 bits per heavy atom. The molecule has 8 nitrogen and oxygen atoms in total. The second-order valence-corrected chi connectivity index (χ2v) is 8.98. The molecule has 0 aliphatic carbocycles. The Morgan fingerprint density at radius 2 is 1.79 bits per heavy atom. The monoisotopic (exact) mass is 420 g/mol. The summed E-state index contributed by atoms with van der Waals surface area (Å²) < 4.78 is 33.1. The minimum absolute atomic E-state index is 0.0665. The number of ether oxygens (including phenoxy) is 1. The smallest absolute Gasteiger partial charge is 0.242 e. The number of carbonyl (C=O) groups excluding carboxylic acids is 1. The van der Waals surface area contributed by atoms with Crippen molar-refractivity contribution in [1.82, 2.24) is 9.71 Å². The number of anilines is 2. The second-order valence-electron chi connectivity index (χ2n) is 7.27. The molecule has 1 aromatic heterocycles. The number of hydrogen-bond donors (Lipinski definition) is 2. The summed E-state index contributed by atoms with van der Waals surface area (Å²) in [5, 5.41) is 2.74. The van der Waals surface area contributed by atoms with Crippen LogP contribution in [0.5, 0.6) is 5.75 Å². The molecule has 158 valence electrons. The average molecular weight is 421 g/mol. The van der Waals surface area contributed by atoms with Crippen LogP contribution in [0.3, 0.4) is 0 Å². The maximum Gasteiger partial charge on any atom is 0.242 e. The fourth-order valence-electron chi connectivity index (χ4n) is 2.64. The second kappa shape index (κ2) is 9.71. The quantitative estimate of drug-likeness (QED) is 0.646. The molecule has 2 aromatic rings. The highest BCUT2D eigenvalue weighted by molar-refractivity contribution is 7.89. The zero-order chi connectivity index (χ0) is 21.6. The highest BCUT2D eigenvalue weighted by atomic mass is 32.2. The van der Waals surface area contributed by atoms with E-state index in [9.17, 15) is 13.2 Å². The molecule has 0 spiro atoms. The van der Waals surface area contributed by atoms with E-state index < -0.39 is 22.0 Å². The van der Waals surface area contributed by atoms with Gasteiger partial charge in [0.2, 0.25) is 15.9 Å². The number of nitrogens with zero attached hydrogens (tertiary/aromatic N) is 2. The van der Waals surface area contributed by atoms with Crippen LogP contribution in [-0.2, 0) is 14.8 Å². The molecule has 2 N–H and O–H groups in total. The third kappa shape index (κ3) is 6.43. The number of methoxy groups -OCH3 is 1. The average Bonchev–Trinajstić information content (AvgIpc) is 2.67. The fraction of sp³-hybridized carbons (Fsp3) is 0.400. The van der Waals surface area contributed by atoms with Crippen molar-refractivity contribution in [3.63, 3.8) is 0 Å². The minimum Gasteiger partial charge on any atom is -0.497 e. The van der Waals surface area contributed by atoms with Gasteiger partial charge >= 0.3 is 0 Å². The Bertz CT molecular complexity index is 911. The maximum absolute atomic E-state index is 12.8. The Morgan fingerprint density at radius 3 is 2.28 bits per heavy atom. The first-order chi connectivity index (χ1) is 13.6. The molecule has 1 amide bonds. The normalized spacial score (nSPS) is 12.5. The van der Waals surface area contributed by atoms with Gasteiger partial charge in [-0.2, -0.15) is 4.72 Å². The summed E-state index contributed by atoms with van der Waals surface area (Å²) in [6, 6.07) is 8.58. The molecule has 0 aliphatic rings. The van der Waals surface area contributed by atoms with Crippen molar-refractivity contribution in [2.45, 2.75) is 31.2 Å². The van der Waals surface area contributed by atoms with Gasteiger partial charge in [-0.1, -0.05) is 13.8 Å². The van der Waals surface area contributed by atoms with Crippen molar-refractivity contribution < 1.29 is 17.9 Å². The molecule has 1 heterocycles. The number of sulfonamides is 1. The number of aromatic nitrogens is 1. The molecular weight excluding hydrogens is 392 g/mol. The van der Waals surface area contributed by atoms with Crippen LogP contribution in [-0.4, -0.2) is 46.6 Å². The van der Waals surface area contributed by atoms with Gasteiger partial charge in [0, 0.05) is 14.1 Å². The maximum atomic E-state index is 12.8. The number of hydrogen-bond acceptors (Lipinski definition) is 6. The van der Waals surface area contributed by atoms with Gasteiger partial charge in [0.15, 0.2) is 0 Å². The Kier molecular flexibility index (Phi) is 7.58. The van der Waals surface area contributed by atoms with Crippen molar-refractivity contribution in [1.29, 1.82) is 0 Å². The lowest BCUT2D eigenvalue weighted by molar-refractivity contribution is -0.118. The van der Waals surface area contributed by atoms with Crippen LogP contribution in [0.25, 0.3) is 0 Å². The molecule has 0 saturated carbocycles. The summed E-state index contributed by atoms with van der Waals surface area (Å²) in [4.78, 5) is 18.9. The molecule has 0 aliphatic heterocycles. The highest BCUT2D eigenvalue weighted by Crippen LogP contribution is 2.18. The lowest BCUT2D eigenvalue weighted by Gasteiger charge is -2.20. The van der Waals surface area contributed by atoms with Gasteiger partial charge in [-0.25, -0.2) is 13.4 Å². The molecule has 9 heteroatoms. The van der Waals surface area contributed by atoms with Gasteiger partial charge in [-0.15, -0.1) is 0 Å². The topological polar surface area (TPSA) is 101 Å². The molecule has 0 radical (unpaired) electrons. The lowest BCUT2D eigenvalue weighted by atomic mass is 10.0. The van der Waals surface area contributed by atoms with Crippen LogP contribution in [0.1, 0.15) is 20.3 Å². The van der Waals surface area contributed by atoms with Crippen molar-refractivity contribution >= 4 is 27.4 Å². The Hall–Kier alpha value is -2.65. The van der Waals surface area contributed by atoms with Crippen molar-refractivity contribution in [3.05, 3.63) is 42.6 Å². The number of amides is 1. The molecule has 0 fully saturated rings. The van der Waals surface area contributed by atoms with Crippen LogP contribution in [0, 0.1) is 5.92 Å². The van der Waals surface area contributed by atoms with E-state index in [-0.39, 0.29) is 10.8 Å². The van der Waals surface area contributed by atoms with Gasteiger partial charge < -0.3 is 15.0 Å². The summed E-state index contributed by atoms with van der Waals surface area (Å²) in [6.07, 6.45) is 1.89. The summed E-state index contributed by atoms with van der Waals surface area (Å²) in [5.74, 6) is 0.977. The van der Waals surface area contributed by atoms with Gasteiger partial charge in [-0.05, 0) is 48.7 Å². The third-order valence-corrected chi connectivity index (χ3v) is 5.65. The molecule has 1 aromatic carbocycles. The van der Waals surface area contributed by atoms with Crippen LogP contribution in [0.15, 0.2) is 47.5 Å². The van der Waals surface area contributed by atoms with E-state index in [0.29, 0.717) is 17.9 Å². The molecule has 29 heavy (non-hydrogen) atoms. The largest absolute Gasteiger partial charge is 0.497 e. The van der Waals surface area contributed by atoms with Crippen molar-refractivity contribution in [2.75, 3.05) is 31.4 Å². The number of benzene rings is 1. The zero-order valence-corrected chi connectivity index (χ0v) is 18.2. The molecule has 0 bridgehead atoms. The van der Waals surface area contributed by atoms with E-state index >= 15 is 0 Å². The zero-order valence-electron chi connectivity index (χ0n) is 17.3. The van der Waals surface area contributed by atoms with E-state index in [1.807, 2.05) is 32.8 Å². The van der Waals surface area contributed by atoms with E-state index in [0.717, 1.165) is 5.82 Å².